The van der Waals surface area contributed by atoms with Gasteiger partial charge in [-0.1, -0.05) is 12.2 Å². The highest BCUT2D eigenvalue weighted by Crippen LogP contribution is 1.97. The van der Waals surface area contributed by atoms with Crippen molar-refractivity contribution in [2.45, 2.75) is 19.4 Å². The summed E-state index contributed by atoms with van der Waals surface area (Å²) in [4.78, 5) is 29.8. The number of aromatic nitrogens is 4. The van der Waals surface area contributed by atoms with Crippen molar-refractivity contribution in [1.82, 2.24) is 24.1 Å². The first-order chi connectivity index (χ1) is 9.99. The Morgan fingerprint density at radius 3 is 2.90 bits per heavy atom. The first kappa shape index (κ1) is 15.1. The van der Waals surface area contributed by atoms with Gasteiger partial charge in [0.05, 0.1) is 17.7 Å². The Bertz CT molecular complexity index is 722. The summed E-state index contributed by atoms with van der Waals surface area (Å²) in [7, 11) is 1.68. The number of nitrogens with zero attached hydrogens (tertiary/aromatic N) is 5. The lowest BCUT2D eigenvalue weighted by Crippen LogP contribution is -2.32. The van der Waals surface area contributed by atoms with E-state index in [1.807, 2.05) is 0 Å². The molecule has 0 unspecified atom stereocenters. The Morgan fingerprint density at radius 2 is 2.24 bits per heavy atom. The fourth-order valence-corrected chi connectivity index (χ4v) is 1.91. The molecule has 112 valence electrons. The van der Waals surface area contributed by atoms with Crippen LogP contribution in [0.15, 0.2) is 23.4 Å². The summed E-state index contributed by atoms with van der Waals surface area (Å²) < 4.78 is 2.64. The number of fused-ring (bicyclic) bond motifs is 1. The zero-order valence-electron chi connectivity index (χ0n) is 11.6. The van der Waals surface area contributed by atoms with Crippen molar-refractivity contribution in [3.63, 3.8) is 0 Å². The van der Waals surface area contributed by atoms with E-state index >= 15 is 0 Å². The van der Waals surface area contributed by atoms with Crippen LogP contribution in [0.2, 0.25) is 0 Å². The van der Waals surface area contributed by atoms with Crippen LogP contribution in [0.3, 0.4) is 0 Å². The molecule has 0 aliphatic heterocycles. The van der Waals surface area contributed by atoms with E-state index in [9.17, 15) is 9.59 Å². The SMILES string of the molecule is CN(CCC(N)=S)C(=O)CCn1nc2cnccn2c1=O. The van der Waals surface area contributed by atoms with Crippen LogP contribution < -0.4 is 11.4 Å². The van der Waals surface area contributed by atoms with Crippen molar-refractivity contribution in [2.24, 2.45) is 5.73 Å². The second-order valence-corrected chi connectivity index (χ2v) is 5.12. The van der Waals surface area contributed by atoms with Crippen molar-refractivity contribution >= 4 is 28.8 Å². The third-order valence-electron chi connectivity index (χ3n) is 3.05. The zero-order valence-corrected chi connectivity index (χ0v) is 12.4. The lowest BCUT2D eigenvalue weighted by Gasteiger charge is -2.16. The van der Waals surface area contributed by atoms with E-state index in [2.05, 4.69) is 10.1 Å². The Balaban J connectivity index is 1.98. The molecule has 0 bridgehead atoms. The lowest BCUT2D eigenvalue weighted by molar-refractivity contribution is -0.130. The number of hydrogen-bond acceptors (Lipinski definition) is 5. The number of thiocarbonyl (C=S) groups is 1. The summed E-state index contributed by atoms with van der Waals surface area (Å²) >= 11 is 4.77. The minimum Gasteiger partial charge on any atom is -0.393 e. The molecule has 2 aromatic heterocycles. The highest BCUT2D eigenvalue weighted by molar-refractivity contribution is 7.80. The van der Waals surface area contributed by atoms with Crippen molar-refractivity contribution in [3.8, 4) is 0 Å². The topological polar surface area (TPSA) is 98.5 Å². The van der Waals surface area contributed by atoms with Crippen molar-refractivity contribution in [2.75, 3.05) is 13.6 Å². The van der Waals surface area contributed by atoms with Gasteiger partial charge in [-0.2, -0.15) is 0 Å². The molecule has 2 rings (SSSR count). The van der Waals surface area contributed by atoms with Crippen LogP contribution >= 0.6 is 12.2 Å². The third-order valence-corrected chi connectivity index (χ3v) is 3.25. The van der Waals surface area contributed by atoms with Crippen LogP contribution in [0.25, 0.3) is 5.65 Å². The molecule has 0 fully saturated rings. The fraction of sp³-hybridized carbons (Fsp3) is 0.417. The molecule has 0 spiro atoms. The monoisotopic (exact) mass is 308 g/mol. The van der Waals surface area contributed by atoms with Gasteiger partial charge in [0.1, 0.15) is 0 Å². The number of aryl methyl sites for hydroxylation is 1. The smallest absolute Gasteiger partial charge is 0.350 e. The van der Waals surface area contributed by atoms with E-state index in [0.29, 0.717) is 23.6 Å². The third kappa shape index (κ3) is 3.63. The van der Waals surface area contributed by atoms with Gasteiger partial charge in [0.15, 0.2) is 5.65 Å². The molecule has 2 N–H and O–H groups in total. The average Bonchev–Trinajstić information content (AvgIpc) is 2.79. The predicted octanol–water partition coefficient (Wildman–Crippen LogP) is -0.584. The van der Waals surface area contributed by atoms with Gasteiger partial charge < -0.3 is 10.6 Å². The van der Waals surface area contributed by atoms with Crippen LogP contribution in [-0.4, -0.2) is 48.6 Å². The number of nitrogens with two attached hydrogens (primary N) is 1. The number of carbonyl (C=O) groups is 1. The van der Waals surface area contributed by atoms with Gasteiger partial charge >= 0.3 is 5.69 Å². The molecular weight excluding hydrogens is 292 g/mol. The van der Waals surface area contributed by atoms with Crippen molar-refractivity contribution in [1.29, 1.82) is 0 Å². The second kappa shape index (κ2) is 6.44. The fourth-order valence-electron chi connectivity index (χ4n) is 1.82. The maximum absolute atomic E-state index is 12.0. The van der Waals surface area contributed by atoms with E-state index in [-0.39, 0.29) is 24.6 Å². The van der Waals surface area contributed by atoms with Crippen molar-refractivity contribution < 1.29 is 4.79 Å². The van der Waals surface area contributed by atoms with Gasteiger partial charge in [0.25, 0.3) is 0 Å². The highest BCUT2D eigenvalue weighted by atomic mass is 32.1. The molecule has 8 nitrogen and oxygen atoms in total. The van der Waals surface area contributed by atoms with E-state index in [1.54, 1.807) is 11.9 Å². The molecule has 0 aliphatic carbocycles. The Kier molecular flexibility index (Phi) is 4.63. The summed E-state index contributed by atoms with van der Waals surface area (Å²) in [6.45, 7) is 0.689. The molecule has 0 radical (unpaired) electrons. The average molecular weight is 308 g/mol. The van der Waals surface area contributed by atoms with Crippen LogP contribution in [0.5, 0.6) is 0 Å². The summed E-state index contributed by atoms with van der Waals surface area (Å²) in [5, 5.41) is 4.11. The summed E-state index contributed by atoms with van der Waals surface area (Å²) in [6.07, 6.45) is 5.21. The molecule has 0 aromatic carbocycles. The van der Waals surface area contributed by atoms with Crippen LogP contribution in [0, 0.1) is 0 Å². The molecule has 9 heteroatoms. The highest BCUT2D eigenvalue weighted by Gasteiger charge is 2.12. The Hall–Kier alpha value is -2.29. The molecule has 0 atom stereocenters. The van der Waals surface area contributed by atoms with Crippen LogP contribution in [0.1, 0.15) is 12.8 Å². The number of rotatable bonds is 6. The van der Waals surface area contributed by atoms with Crippen molar-refractivity contribution in [3.05, 3.63) is 29.1 Å². The zero-order chi connectivity index (χ0) is 15.4. The summed E-state index contributed by atoms with van der Waals surface area (Å²) in [5.41, 5.74) is 5.57. The molecule has 2 aromatic rings. The molecule has 0 aliphatic rings. The van der Waals surface area contributed by atoms with Gasteiger partial charge in [-0.15, -0.1) is 5.10 Å². The number of amides is 1. The summed E-state index contributed by atoms with van der Waals surface area (Å²) in [6, 6.07) is 0. The van der Waals surface area contributed by atoms with Crippen LogP contribution in [0.4, 0.5) is 0 Å². The summed E-state index contributed by atoms with van der Waals surface area (Å²) in [5.74, 6) is -0.0895. The van der Waals surface area contributed by atoms with Gasteiger partial charge in [0.2, 0.25) is 5.91 Å². The molecule has 0 saturated heterocycles. The van der Waals surface area contributed by atoms with Gasteiger partial charge in [-0.25, -0.2) is 13.9 Å². The van der Waals surface area contributed by atoms with E-state index < -0.39 is 0 Å². The lowest BCUT2D eigenvalue weighted by atomic mass is 10.3. The quantitative estimate of drug-likeness (QED) is 0.717. The molecular formula is C12H16N6O2S. The minimum atomic E-state index is -0.286. The molecule has 21 heavy (non-hydrogen) atoms. The Morgan fingerprint density at radius 1 is 1.48 bits per heavy atom. The first-order valence-electron chi connectivity index (χ1n) is 6.40. The van der Waals surface area contributed by atoms with Gasteiger partial charge in [-0.05, 0) is 0 Å². The van der Waals surface area contributed by atoms with Gasteiger partial charge in [-0.3, -0.25) is 9.78 Å². The van der Waals surface area contributed by atoms with E-state index in [1.165, 1.54) is 27.7 Å². The largest absolute Gasteiger partial charge is 0.393 e. The van der Waals surface area contributed by atoms with Crippen LogP contribution in [-0.2, 0) is 11.3 Å². The normalized spacial score (nSPS) is 10.7. The second-order valence-electron chi connectivity index (χ2n) is 4.59. The first-order valence-corrected chi connectivity index (χ1v) is 6.81. The minimum absolute atomic E-state index is 0.0895. The van der Waals surface area contributed by atoms with E-state index in [4.69, 9.17) is 18.0 Å². The van der Waals surface area contributed by atoms with Gasteiger partial charge in [0, 0.05) is 38.8 Å². The molecule has 0 saturated carbocycles. The maximum Gasteiger partial charge on any atom is 0.350 e. The molecule has 2 heterocycles. The predicted molar refractivity (Wildman–Crippen MR) is 80.9 cm³/mol. The standard InChI is InChI=1S/C12H16N6O2S/c1-16(5-2-9(13)21)11(19)3-6-18-12(20)17-7-4-14-8-10(17)15-18/h4,7-8H,2-3,5-6H2,1H3,(H2,13,21). The number of hydrogen-bond donors (Lipinski definition) is 1. The number of carbonyl (C=O) groups excluding carboxylic acids is 1. The van der Waals surface area contributed by atoms with E-state index in [0.717, 1.165) is 0 Å². The molecule has 1 amide bonds. The Labute approximate surface area is 126 Å². The maximum atomic E-state index is 12.0.